The molecule has 2 aromatic rings. The minimum atomic E-state index is 0.378. The highest BCUT2D eigenvalue weighted by Crippen LogP contribution is 2.26. The van der Waals surface area contributed by atoms with Gasteiger partial charge < -0.3 is 5.32 Å². The van der Waals surface area contributed by atoms with E-state index in [1.165, 1.54) is 20.9 Å². The molecule has 1 nitrogen and oxygen atoms in total. The molecule has 0 spiro atoms. The molecule has 0 aliphatic rings. The van der Waals surface area contributed by atoms with Crippen LogP contribution < -0.4 is 5.32 Å². The van der Waals surface area contributed by atoms with Crippen LogP contribution in [-0.4, -0.2) is 0 Å². The molecule has 1 heterocycles. The summed E-state index contributed by atoms with van der Waals surface area (Å²) in [6, 6.07) is 13.8. The zero-order chi connectivity index (χ0) is 13.1. The van der Waals surface area contributed by atoms with Crippen molar-refractivity contribution in [3.63, 3.8) is 0 Å². The van der Waals surface area contributed by atoms with Gasteiger partial charge in [0.1, 0.15) is 0 Å². The van der Waals surface area contributed by atoms with E-state index in [9.17, 15) is 0 Å². The molecule has 1 aromatic carbocycles. The van der Waals surface area contributed by atoms with Crippen molar-refractivity contribution in [3.8, 4) is 0 Å². The number of nitrogens with one attached hydrogen (secondary N) is 1. The molecule has 96 valence electrons. The van der Waals surface area contributed by atoms with Gasteiger partial charge in [0.25, 0.3) is 0 Å². The summed E-state index contributed by atoms with van der Waals surface area (Å²) in [5.41, 5.74) is 2.74. The molecule has 0 saturated heterocycles. The zero-order valence-corrected chi connectivity index (χ0v) is 12.3. The van der Waals surface area contributed by atoms with Gasteiger partial charge in [0.15, 0.2) is 0 Å². The lowest BCUT2D eigenvalue weighted by molar-refractivity contribution is 0.498. The van der Waals surface area contributed by atoms with Gasteiger partial charge in [-0.15, -0.1) is 11.3 Å². The van der Waals surface area contributed by atoms with Crippen LogP contribution in [0.3, 0.4) is 0 Å². The van der Waals surface area contributed by atoms with Gasteiger partial charge in [0.05, 0.1) is 0 Å². The Hall–Kier alpha value is -1.12. The molecule has 1 N–H and O–H groups in total. The van der Waals surface area contributed by atoms with E-state index >= 15 is 0 Å². The van der Waals surface area contributed by atoms with E-state index in [0.29, 0.717) is 12.1 Å². The molecular formula is C16H21NS. The van der Waals surface area contributed by atoms with Crippen LogP contribution in [-0.2, 0) is 0 Å². The fraction of sp³-hybridized carbons (Fsp3) is 0.375. The lowest BCUT2D eigenvalue weighted by Gasteiger charge is -2.21. The minimum Gasteiger partial charge on any atom is -0.303 e. The topological polar surface area (TPSA) is 12.0 Å². The normalized spacial score (nSPS) is 14.4. The summed E-state index contributed by atoms with van der Waals surface area (Å²) in [4.78, 5) is 2.79. The van der Waals surface area contributed by atoms with Crippen LogP contribution in [0.4, 0.5) is 0 Å². The predicted octanol–water partition coefficient (Wildman–Crippen LogP) is 4.78. The van der Waals surface area contributed by atoms with Crippen molar-refractivity contribution in [2.45, 2.75) is 39.8 Å². The Morgan fingerprint density at radius 2 is 1.67 bits per heavy atom. The summed E-state index contributed by atoms with van der Waals surface area (Å²) in [6.07, 6.45) is 0. The Labute approximate surface area is 114 Å². The van der Waals surface area contributed by atoms with E-state index in [-0.39, 0.29) is 0 Å². The number of aryl methyl sites for hydroxylation is 2. The van der Waals surface area contributed by atoms with E-state index in [1.807, 2.05) is 11.3 Å². The van der Waals surface area contributed by atoms with Crippen molar-refractivity contribution in [3.05, 3.63) is 57.3 Å². The van der Waals surface area contributed by atoms with Gasteiger partial charge in [-0.1, -0.05) is 24.3 Å². The largest absolute Gasteiger partial charge is 0.303 e. The third-order valence-electron chi connectivity index (χ3n) is 3.34. The van der Waals surface area contributed by atoms with Crippen molar-refractivity contribution in [1.29, 1.82) is 0 Å². The number of benzene rings is 1. The van der Waals surface area contributed by atoms with Gasteiger partial charge >= 0.3 is 0 Å². The maximum Gasteiger partial charge on any atom is 0.0391 e. The van der Waals surface area contributed by atoms with E-state index < -0.39 is 0 Å². The van der Waals surface area contributed by atoms with Gasteiger partial charge in [-0.25, -0.2) is 0 Å². The quantitative estimate of drug-likeness (QED) is 0.833. The summed E-state index contributed by atoms with van der Waals surface area (Å²) < 4.78 is 0. The third-order valence-corrected chi connectivity index (χ3v) is 4.53. The molecule has 0 aliphatic carbocycles. The first kappa shape index (κ1) is 13.3. The average molecular weight is 259 g/mol. The molecule has 2 atom stereocenters. The minimum absolute atomic E-state index is 0.378. The first-order valence-corrected chi connectivity index (χ1v) is 7.27. The van der Waals surface area contributed by atoms with E-state index in [0.717, 1.165) is 0 Å². The van der Waals surface area contributed by atoms with Gasteiger partial charge in [-0.3, -0.25) is 0 Å². The maximum absolute atomic E-state index is 3.68. The zero-order valence-electron chi connectivity index (χ0n) is 11.5. The first-order valence-electron chi connectivity index (χ1n) is 6.46. The molecule has 0 radical (unpaired) electrons. The van der Waals surface area contributed by atoms with Crippen molar-refractivity contribution < 1.29 is 0 Å². The van der Waals surface area contributed by atoms with E-state index in [1.54, 1.807) is 0 Å². The number of hydrogen-bond acceptors (Lipinski definition) is 2. The van der Waals surface area contributed by atoms with Gasteiger partial charge in [0, 0.05) is 21.8 Å². The molecule has 0 aliphatic heterocycles. The molecule has 0 fully saturated rings. The second-order valence-electron chi connectivity index (χ2n) is 4.92. The van der Waals surface area contributed by atoms with Crippen molar-refractivity contribution >= 4 is 11.3 Å². The molecule has 0 saturated carbocycles. The van der Waals surface area contributed by atoms with Crippen LogP contribution in [0.25, 0.3) is 0 Å². The Morgan fingerprint density at radius 3 is 2.28 bits per heavy atom. The van der Waals surface area contributed by atoms with Crippen LogP contribution in [0.15, 0.2) is 36.4 Å². The Bertz CT molecular complexity index is 515. The van der Waals surface area contributed by atoms with Gasteiger partial charge in [0.2, 0.25) is 0 Å². The molecule has 18 heavy (non-hydrogen) atoms. The summed E-state index contributed by atoms with van der Waals surface area (Å²) in [6.45, 7) is 8.80. The molecule has 2 heteroatoms. The predicted molar refractivity (Wildman–Crippen MR) is 80.2 cm³/mol. The van der Waals surface area contributed by atoms with Crippen LogP contribution in [0.2, 0.25) is 0 Å². The van der Waals surface area contributed by atoms with Crippen molar-refractivity contribution in [2.24, 2.45) is 0 Å². The van der Waals surface area contributed by atoms with Crippen LogP contribution in [0.5, 0.6) is 0 Å². The fourth-order valence-electron chi connectivity index (χ4n) is 2.31. The van der Waals surface area contributed by atoms with Gasteiger partial charge in [-0.05, 0) is 51.0 Å². The fourth-order valence-corrected chi connectivity index (χ4v) is 3.19. The summed E-state index contributed by atoms with van der Waals surface area (Å²) in [5.74, 6) is 0. The Balaban J connectivity index is 2.08. The monoisotopic (exact) mass is 259 g/mol. The maximum atomic E-state index is 3.68. The summed E-state index contributed by atoms with van der Waals surface area (Å²) >= 11 is 1.87. The molecule has 0 bridgehead atoms. The standard InChI is InChI=1S/C16H21NS/c1-11-7-5-6-8-15(11)13(3)17-14(4)16-10-9-12(2)18-16/h5-10,13-14,17H,1-4H3/t13-,14?/m0/s1. The molecule has 2 rings (SSSR count). The second kappa shape index (κ2) is 5.68. The third kappa shape index (κ3) is 3.01. The summed E-state index contributed by atoms with van der Waals surface area (Å²) in [7, 11) is 0. The van der Waals surface area contributed by atoms with Gasteiger partial charge in [-0.2, -0.15) is 0 Å². The number of rotatable bonds is 4. The van der Waals surface area contributed by atoms with Crippen LogP contribution in [0.1, 0.15) is 46.8 Å². The number of thiophene rings is 1. The van der Waals surface area contributed by atoms with Crippen molar-refractivity contribution in [2.75, 3.05) is 0 Å². The molecular weight excluding hydrogens is 238 g/mol. The SMILES string of the molecule is Cc1ccc(C(C)N[C@@H](C)c2ccccc2C)s1. The van der Waals surface area contributed by atoms with E-state index in [2.05, 4.69) is 69.4 Å². The first-order chi connectivity index (χ1) is 8.58. The highest BCUT2D eigenvalue weighted by Gasteiger charge is 2.13. The Kier molecular flexibility index (Phi) is 4.20. The molecule has 1 aromatic heterocycles. The number of hydrogen-bond donors (Lipinski definition) is 1. The Morgan fingerprint density at radius 1 is 0.944 bits per heavy atom. The van der Waals surface area contributed by atoms with E-state index in [4.69, 9.17) is 0 Å². The van der Waals surface area contributed by atoms with Crippen molar-refractivity contribution in [1.82, 2.24) is 5.32 Å². The van der Waals surface area contributed by atoms with Crippen LogP contribution >= 0.6 is 11.3 Å². The lowest BCUT2D eigenvalue weighted by Crippen LogP contribution is -2.22. The highest BCUT2D eigenvalue weighted by molar-refractivity contribution is 7.12. The summed E-state index contributed by atoms with van der Waals surface area (Å²) in [5, 5.41) is 3.68. The second-order valence-corrected chi connectivity index (χ2v) is 6.23. The molecule has 0 amide bonds. The lowest BCUT2D eigenvalue weighted by atomic mass is 10.0. The molecule has 1 unspecified atom stereocenters. The average Bonchev–Trinajstić information content (AvgIpc) is 2.76. The van der Waals surface area contributed by atoms with Crippen LogP contribution in [0, 0.1) is 13.8 Å². The highest BCUT2D eigenvalue weighted by atomic mass is 32.1. The smallest absolute Gasteiger partial charge is 0.0391 e.